The van der Waals surface area contributed by atoms with Gasteiger partial charge in [0.1, 0.15) is 5.75 Å². The van der Waals surface area contributed by atoms with E-state index in [0.717, 1.165) is 31.9 Å². The van der Waals surface area contributed by atoms with E-state index in [1.807, 2.05) is 12.1 Å². The Morgan fingerprint density at radius 2 is 1.77 bits per heavy atom. The smallest absolute Gasteiger partial charge is 0.189 e. The first-order valence-electron chi connectivity index (χ1n) is 11.7. The molecule has 0 aromatic heterocycles. The summed E-state index contributed by atoms with van der Waals surface area (Å²) in [6.07, 6.45) is 8.63. The van der Waals surface area contributed by atoms with Crippen molar-refractivity contribution < 1.29 is 9.47 Å². The maximum Gasteiger partial charge on any atom is 0.189 e. The van der Waals surface area contributed by atoms with Crippen LogP contribution in [0.2, 0.25) is 0 Å². The summed E-state index contributed by atoms with van der Waals surface area (Å²) in [4.78, 5) is 0. The summed E-state index contributed by atoms with van der Waals surface area (Å²) < 4.78 is 11.6. The normalized spacial score (nSPS) is 19.0. The van der Waals surface area contributed by atoms with Crippen LogP contribution in [0.4, 0.5) is 0 Å². The summed E-state index contributed by atoms with van der Waals surface area (Å²) in [5, 5.41) is 7.46. The number of para-hydroxylation sites is 1. The van der Waals surface area contributed by atoms with Crippen molar-refractivity contribution in [3.63, 3.8) is 0 Å². The van der Waals surface area contributed by atoms with Crippen LogP contribution in [0.1, 0.15) is 69.0 Å². The predicted octanol–water partition coefficient (Wildman–Crippen LogP) is 5.59. The van der Waals surface area contributed by atoms with Gasteiger partial charge in [-0.3, -0.25) is 0 Å². The van der Waals surface area contributed by atoms with Crippen LogP contribution < -0.4 is 15.4 Å². The molecule has 2 aromatic carbocycles. The first-order chi connectivity index (χ1) is 14.9. The molecule has 1 saturated heterocycles. The summed E-state index contributed by atoms with van der Waals surface area (Å²) in [6.45, 7) is 5.21. The molecule has 0 saturated carbocycles. The number of unbranched alkanes of at least 4 members (excludes halogenated alkanes) is 4. The molecular weight excluding hydrogens is 372 g/mol. The third kappa shape index (κ3) is 7.42. The van der Waals surface area contributed by atoms with E-state index in [-0.39, 0.29) is 0 Å². The van der Waals surface area contributed by atoms with Gasteiger partial charge in [-0.2, -0.15) is 0 Å². The molecule has 1 heterocycles. The zero-order valence-corrected chi connectivity index (χ0v) is 18.4. The first kappa shape index (κ1) is 22.8. The molecule has 0 radical (unpaired) electrons. The lowest BCUT2D eigenvalue weighted by molar-refractivity contribution is 0.0129. The molecule has 1 aliphatic rings. The van der Waals surface area contributed by atoms with Crippen molar-refractivity contribution >= 4 is 0 Å². The van der Waals surface area contributed by atoms with Crippen LogP contribution in [0.25, 0.3) is 0 Å². The number of hydrogen-bond donors (Lipinski definition) is 2. The molecular formula is C26H38N2O2. The Labute approximate surface area is 182 Å². The molecule has 0 unspecified atom stereocenters. The number of benzene rings is 2. The Morgan fingerprint density at radius 3 is 2.63 bits per heavy atom. The highest BCUT2D eigenvalue weighted by atomic mass is 16.7. The van der Waals surface area contributed by atoms with Crippen molar-refractivity contribution in [2.45, 2.75) is 70.5 Å². The van der Waals surface area contributed by atoms with Crippen LogP contribution in [-0.4, -0.2) is 26.0 Å². The van der Waals surface area contributed by atoms with E-state index in [0.29, 0.717) is 18.9 Å². The minimum absolute atomic E-state index is 0.322. The average Bonchev–Trinajstić information content (AvgIpc) is 2.81. The minimum Gasteiger partial charge on any atom is -0.467 e. The second kappa shape index (κ2) is 13.4. The summed E-state index contributed by atoms with van der Waals surface area (Å²) in [7, 11) is 0. The zero-order chi connectivity index (χ0) is 20.9. The molecule has 4 heteroatoms. The second-order valence-electron chi connectivity index (χ2n) is 8.16. The van der Waals surface area contributed by atoms with E-state index in [9.17, 15) is 0 Å². The van der Waals surface area contributed by atoms with Crippen molar-refractivity contribution in [3.8, 4) is 5.75 Å². The van der Waals surface area contributed by atoms with Crippen molar-refractivity contribution in [1.29, 1.82) is 0 Å². The van der Waals surface area contributed by atoms with Crippen LogP contribution in [0, 0.1) is 0 Å². The summed E-state index contributed by atoms with van der Waals surface area (Å²) >= 11 is 0. The van der Waals surface area contributed by atoms with Gasteiger partial charge in [0.05, 0.1) is 6.61 Å². The second-order valence-corrected chi connectivity index (χ2v) is 8.16. The SMILES string of the molecule is CCCCCCCOCOc1ccccc1CN[C@H]1CCCN[C@H]1c1ccccc1. The molecule has 3 rings (SSSR count). The zero-order valence-electron chi connectivity index (χ0n) is 18.4. The largest absolute Gasteiger partial charge is 0.467 e. The molecule has 1 aliphatic heterocycles. The molecule has 2 N–H and O–H groups in total. The van der Waals surface area contributed by atoms with Gasteiger partial charge in [0, 0.05) is 24.2 Å². The van der Waals surface area contributed by atoms with E-state index >= 15 is 0 Å². The summed E-state index contributed by atoms with van der Waals surface area (Å²) in [5.74, 6) is 0.913. The maximum atomic E-state index is 5.94. The van der Waals surface area contributed by atoms with Gasteiger partial charge in [-0.15, -0.1) is 0 Å². The van der Waals surface area contributed by atoms with Gasteiger partial charge in [-0.25, -0.2) is 0 Å². The monoisotopic (exact) mass is 410 g/mol. The van der Waals surface area contributed by atoms with Crippen LogP contribution in [0.5, 0.6) is 5.75 Å². The third-order valence-corrected chi connectivity index (χ3v) is 5.83. The molecule has 2 aromatic rings. The van der Waals surface area contributed by atoms with E-state index in [4.69, 9.17) is 9.47 Å². The number of piperidine rings is 1. The third-order valence-electron chi connectivity index (χ3n) is 5.83. The Kier molecular flexibility index (Phi) is 10.2. The summed E-state index contributed by atoms with van der Waals surface area (Å²) in [5.41, 5.74) is 2.54. The van der Waals surface area contributed by atoms with Crippen molar-refractivity contribution in [2.24, 2.45) is 0 Å². The van der Waals surface area contributed by atoms with Gasteiger partial charge in [-0.05, 0) is 37.4 Å². The fraction of sp³-hybridized carbons (Fsp3) is 0.538. The fourth-order valence-corrected chi connectivity index (χ4v) is 4.12. The molecule has 164 valence electrons. The van der Waals surface area contributed by atoms with E-state index in [1.165, 1.54) is 49.7 Å². The van der Waals surface area contributed by atoms with Crippen molar-refractivity contribution in [3.05, 3.63) is 65.7 Å². The van der Waals surface area contributed by atoms with Crippen molar-refractivity contribution in [1.82, 2.24) is 10.6 Å². The van der Waals surface area contributed by atoms with E-state index in [2.05, 4.69) is 60.0 Å². The average molecular weight is 411 g/mol. The maximum absolute atomic E-state index is 5.94. The molecule has 0 aliphatic carbocycles. The topological polar surface area (TPSA) is 42.5 Å². The Balaban J connectivity index is 1.46. The highest BCUT2D eigenvalue weighted by Gasteiger charge is 2.25. The minimum atomic E-state index is 0.322. The van der Waals surface area contributed by atoms with Crippen molar-refractivity contribution in [2.75, 3.05) is 19.9 Å². The van der Waals surface area contributed by atoms with Gasteiger partial charge in [0.15, 0.2) is 6.79 Å². The molecule has 30 heavy (non-hydrogen) atoms. The lowest BCUT2D eigenvalue weighted by Crippen LogP contribution is -2.45. The van der Waals surface area contributed by atoms with Gasteiger partial charge in [-0.1, -0.05) is 81.1 Å². The molecule has 0 amide bonds. The Hall–Kier alpha value is -1.88. The predicted molar refractivity (Wildman–Crippen MR) is 124 cm³/mol. The lowest BCUT2D eigenvalue weighted by Gasteiger charge is -2.34. The number of nitrogens with one attached hydrogen (secondary N) is 2. The molecule has 4 nitrogen and oxygen atoms in total. The van der Waals surface area contributed by atoms with Crippen LogP contribution in [0.15, 0.2) is 54.6 Å². The highest BCUT2D eigenvalue weighted by Crippen LogP contribution is 2.25. The standard InChI is InChI=1S/C26H38N2O2/c1-2-3-4-5-11-19-29-21-30-25-17-10-9-15-23(25)20-28-24-16-12-18-27-26(24)22-13-7-6-8-14-22/h6-10,13-15,17,24,26-28H,2-5,11-12,16,18-21H2,1H3/t24-,26-/m0/s1. The van der Waals surface area contributed by atoms with Gasteiger partial charge >= 0.3 is 0 Å². The number of hydrogen-bond acceptors (Lipinski definition) is 4. The lowest BCUT2D eigenvalue weighted by atomic mass is 9.92. The molecule has 1 fully saturated rings. The summed E-state index contributed by atoms with van der Waals surface area (Å²) in [6, 6.07) is 19.8. The fourth-order valence-electron chi connectivity index (χ4n) is 4.12. The van der Waals surface area contributed by atoms with Gasteiger partial charge in [0.2, 0.25) is 0 Å². The Bertz CT molecular complexity index is 707. The van der Waals surface area contributed by atoms with E-state index in [1.54, 1.807) is 0 Å². The highest BCUT2D eigenvalue weighted by molar-refractivity contribution is 5.33. The molecule has 0 bridgehead atoms. The van der Waals surface area contributed by atoms with E-state index < -0.39 is 0 Å². The van der Waals surface area contributed by atoms with Crippen LogP contribution in [-0.2, 0) is 11.3 Å². The number of ether oxygens (including phenoxy) is 2. The molecule has 0 spiro atoms. The first-order valence-corrected chi connectivity index (χ1v) is 11.7. The quantitative estimate of drug-likeness (QED) is 0.333. The molecule has 2 atom stereocenters. The number of rotatable bonds is 13. The Morgan fingerprint density at radius 1 is 0.967 bits per heavy atom. The van der Waals surface area contributed by atoms with Gasteiger partial charge < -0.3 is 20.1 Å². The van der Waals surface area contributed by atoms with Gasteiger partial charge in [0.25, 0.3) is 0 Å². The van der Waals surface area contributed by atoms with Crippen LogP contribution in [0.3, 0.4) is 0 Å². The van der Waals surface area contributed by atoms with Crippen LogP contribution >= 0.6 is 0 Å².